The summed E-state index contributed by atoms with van der Waals surface area (Å²) in [6, 6.07) is 15.5. The number of ether oxygens (including phenoxy) is 1. The lowest BCUT2D eigenvalue weighted by atomic mass is 9.99. The maximum Gasteiger partial charge on any atom is 0.331 e. The van der Waals surface area contributed by atoms with Gasteiger partial charge in [-0.25, -0.2) is 4.79 Å². The molecule has 0 heterocycles. The molecule has 0 fully saturated rings. The minimum atomic E-state index is -0.489. The van der Waals surface area contributed by atoms with Crippen LogP contribution in [0.2, 0.25) is 5.02 Å². The van der Waals surface area contributed by atoms with Gasteiger partial charge in [0, 0.05) is 11.1 Å². The molecule has 0 aliphatic carbocycles. The third-order valence-electron chi connectivity index (χ3n) is 2.92. The van der Waals surface area contributed by atoms with E-state index in [2.05, 4.69) is 0 Å². The summed E-state index contributed by atoms with van der Waals surface area (Å²) in [5.41, 5.74) is 2.56. The van der Waals surface area contributed by atoms with Gasteiger partial charge in [0.1, 0.15) is 5.60 Å². The maximum atomic E-state index is 11.8. The molecule has 2 aromatic rings. The Labute approximate surface area is 136 Å². The first-order chi connectivity index (χ1) is 10.3. The van der Waals surface area contributed by atoms with Crippen LogP contribution in [0.15, 0.2) is 54.6 Å². The quantitative estimate of drug-likeness (QED) is 0.563. The molecular weight excluding hydrogens is 296 g/mol. The van der Waals surface area contributed by atoms with Crippen LogP contribution in [-0.2, 0) is 9.53 Å². The summed E-state index contributed by atoms with van der Waals surface area (Å²) in [5.74, 6) is -0.349. The lowest BCUT2D eigenvalue weighted by molar-refractivity contribution is -0.148. The third-order valence-corrected chi connectivity index (χ3v) is 3.17. The Morgan fingerprint density at radius 1 is 1.05 bits per heavy atom. The second-order valence-electron chi connectivity index (χ2n) is 5.96. The van der Waals surface area contributed by atoms with Crippen molar-refractivity contribution in [2.45, 2.75) is 26.4 Å². The Kier molecular flexibility index (Phi) is 5.04. The van der Waals surface area contributed by atoms with Gasteiger partial charge in [-0.15, -0.1) is 0 Å². The van der Waals surface area contributed by atoms with Gasteiger partial charge < -0.3 is 4.74 Å². The van der Waals surface area contributed by atoms with Gasteiger partial charge >= 0.3 is 5.97 Å². The fraction of sp³-hybridized carbons (Fsp3) is 0.211. The molecule has 0 aliphatic heterocycles. The van der Waals surface area contributed by atoms with Crippen molar-refractivity contribution in [2.75, 3.05) is 0 Å². The van der Waals surface area contributed by atoms with E-state index in [9.17, 15) is 4.79 Å². The fourth-order valence-electron chi connectivity index (χ4n) is 2.03. The highest BCUT2D eigenvalue weighted by molar-refractivity contribution is 6.30. The van der Waals surface area contributed by atoms with Crippen molar-refractivity contribution in [1.82, 2.24) is 0 Å². The number of hydrogen-bond donors (Lipinski definition) is 0. The molecule has 0 spiro atoms. The van der Waals surface area contributed by atoms with Crippen LogP contribution in [0.4, 0.5) is 0 Å². The van der Waals surface area contributed by atoms with Crippen LogP contribution in [-0.4, -0.2) is 11.6 Å². The SMILES string of the molecule is CC(C)(C)OC(=O)/C=C/c1ccccc1-c1ccc(Cl)cc1. The molecule has 0 amide bonds. The number of rotatable bonds is 3. The lowest BCUT2D eigenvalue weighted by Crippen LogP contribution is -2.22. The molecule has 2 nitrogen and oxygen atoms in total. The van der Waals surface area contributed by atoms with Gasteiger partial charge in [0.05, 0.1) is 0 Å². The highest BCUT2D eigenvalue weighted by Gasteiger charge is 2.14. The summed E-state index contributed by atoms with van der Waals surface area (Å²) < 4.78 is 5.28. The molecule has 22 heavy (non-hydrogen) atoms. The molecule has 0 aromatic heterocycles. The molecule has 0 radical (unpaired) electrons. The average molecular weight is 315 g/mol. The van der Waals surface area contributed by atoms with Crippen molar-refractivity contribution in [1.29, 1.82) is 0 Å². The topological polar surface area (TPSA) is 26.3 Å². The Hall–Kier alpha value is -2.06. The van der Waals surface area contributed by atoms with Gasteiger partial charge in [-0.1, -0.05) is 48.0 Å². The van der Waals surface area contributed by atoms with Crippen molar-refractivity contribution in [3.63, 3.8) is 0 Å². The predicted octanol–water partition coefficient (Wildman–Crippen LogP) is 5.36. The normalized spacial score (nSPS) is 11.6. The van der Waals surface area contributed by atoms with Crippen LogP contribution in [0, 0.1) is 0 Å². The molecule has 0 N–H and O–H groups in total. The lowest BCUT2D eigenvalue weighted by Gasteiger charge is -2.18. The number of benzene rings is 2. The van der Waals surface area contributed by atoms with E-state index in [4.69, 9.17) is 16.3 Å². The molecule has 0 saturated carbocycles. The van der Waals surface area contributed by atoms with E-state index >= 15 is 0 Å². The van der Waals surface area contributed by atoms with Gasteiger partial charge in [0.2, 0.25) is 0 Å². The fourth-order valence-corrected chi connectivity index (χ4v) is 2.15. The van der Waals surface area contributed by atoms with Crippen LogP contribution in [0.3, 0.4) is 0 Å². The Balaban J connectivity index is 2.25. The summed E-state index contributed by atoms with van der Waals surface area (Å²) in [7, 11) is 0. The maximum absolute atomic E-state index is 11.8. The second-order valence-corrected chi connectivity index (χ2v) is 6.40. The van der Waals surface area contributed by atoms with E-state index in [0.29, 0.717) is 5.02 Å². The number of esters is 1. The molecule has 0 unspecified atom stereocenters. The van der Waals surface area contributed by atoms with Crippen LogP contribution in [0.5, 0.6) is 0 Å². The second kappa shape index (κ2) is 6.80. The third kappa shape index (κ3) is 4.74. The molecule has 0 saturated heterocycles. The summed E-state index contributed by atoms with van der Waals surface area (Å²) in [5, 5.41) is 0.700. The van der Waals surface area contributed by atoms with Crippen molar-refractivity contribution >= 4 is 23.6 Å². The van der Waals surface area contributed by atoms with Crippen molar-refractivity contribution in [2.24, 2.45) is 0 Å². The summed E-state index contributed by atoms with van der Waals surface area (Å²) in [6.07, 6.45) is 3.23. The predicted molar refractivity (Wildman–Crippen MR) is 91.8 cm³/mol. The van der Waals surface area contributed by atoms with Gasteiger partial charge in [-0.3, -0.25) is 0 Å². The zero-order valence-electron chi connectivity index (χ0n) is 13.0. The van der Waals surface area contributed by atoms with E-state index in [-0.39, 0.29) is 5.97 Å². The van der Waals surface area contributed by atoms with Crippen LogP contribution in [0.1, 0.15) is 26.3 Å². The van der Waals surface area contributed by atoms with Crippen LogP contribution >= 0.6 is 11.6 Å². The van der Waals surface area contributed by atoms with E-state index in [0.717, 1.165) is 16.7 Å². The molecule has 2 rings (SSSR count). The van der Waals surface area contributed by atoms with Crippen molar-refractivity contribution in [3.8, 4) is 11.1 Å². The zero-order chi connectivity index (χ0) is 16.2. The van der Waals surface area contributed by atoms with Crippen molar-refractivity contribution in [3.05, 3.63) is 65.2 Å². The van der Waals surface area contributed by atoms with Crippen LogP contribution in [0.25, 0.3) is 17.2 Å². The largest absolute Gasteiger partial charge is 0.457 e. The smallest absolute Gasteiger partial charge is 0.331 e. The highest BCUT2D eigenvalue weighted by atomic mass is 35.5. The molecule has 0 atom stereocenters. The van der Waals surface area contributed by atoms with Gasteiger partial charge in [0.15, 0.2) is 0 Å². The molecule has 0 bridgehead atoms. The minimum Gasteiger partial charge on any atom is -0.457 e. The van der Waals surface area contributed by atoms with Crippen molar-refractivity contribution < 1.29 is 9.53 Å². The first-order valence-corrected chi connectivity index (χ1v) is 7.49. The Morgan fingerprint density at radius 2 is 1.68 bits per heavy atom. The van der Waals surface area contributed by atoms with E-state index in [1.54, 1.807) is 6.08 Å². The number of halogens is 1. The molecule has 3 heteroatoms. The zero-order valence-corrected chi connectivity index (χ0v) is 13.7. The average Bonchev–Trinajstić information content (AvgIpc) is 2.45. The number of carbonyl (C=O) groups excluding carboxylic acids is 1. The van der Waals surface area contributed by atoms with Gasteiger partial charge in [0.25, 0.3) is 0 Å². The Bertz CT molecular complexity index is 679. The van der Waals surface area contributed by atoms with E-state index < -0.39 is 5.60 Å². The molecular formula is C19H19ClO2. The molecule has 2 aromatic carbocycles. The number of hydrogen-bond acceptors (Lipinski definition) is 2. The summed E-state index contributed by atoms with van der Waals surface area (Å²) in [6.45, 7) is 5.54. The van der Waals surface area contributed by atoms with Gasteiger partial charge in [-0.05, 0) is 55.7 Å². The highest BCUT2D eigenvalue weighted by Crippen LogP contribution is 2.26. The molecule has 114 valence electrons. The number of carbonyl (C=O) groups is 1. The summed E-state index contributed by atoms with van der Waals surface area (Å²) in [4.78, 5) is 11.8. The first-order valence-electron chi connectivity index (χ1n) is 7.11. The minimum absolute atomic E-state index is 0.349. The monoisotopic (exact) mass is 314 g/mol. The summed E-state index contributed by atoms with van der Waals surface area (Å²) >= 11 is 5.93. The standard InChI is InChI=1S/C19H19ClO2/c1-19(2,3)22-18(21)13-10-14-6-4-5-7-17(14)15-8-11-16(20)12-9-15/h4-13H,1-3H3/b13-10+. The van der Waals surface area contributed by atoms with Gasteiger partial charge in [-0.2, -0.15) is 0 Å². The molecule has 0 aliphatic rings. The van der Waals surface area contributed by atoms with E-state index in [1.807, 2.05) is 69.3 Å². The Morgan fingerprint density at radius 3 is 2.32 bits per heavy atom. The van der Waals surface area contributed by atoms with E-state index in [1.165, 1.54) is 6.08 Å². The van der Waals surface area contributed by atoms with Crippen LogP contribution < -0.4 is 0 Å². The first kappa shape index (κ1) is 16.3.